The van der Waals surface area contributed by atoms with Crippen LogP contribution in [0, 0.1) is 0 Å². The van der Waals surface area contributed by atoms with Gasteiger partial charge in [0.2, 0.25) is 20.0 Å². The van der Waals surface area contributed by atoms with E-state index in [1.807, 2.05) is 18.2 Å². The van der Waals surface area contributed by atoms with Crippen LogP contribution in [0.5, 0.6) is 0 Å². The zero-order valence-electron chi connectivity index (χ0n) is 20.4. The number of amides is 1. The largest absolute Gasteiger partial charge is 0.351 e. The number of carbonyl (C=O) groups excluding carboxylic acids is 1. The Kier molecular flexibility index (Phi) is 8.78. The number of benzene rings is 2. The number of nitrogens with zero attached hydrogens (tertiary/aromatic N) is 3. The quantitative estimate of drug-likeness (QED) is 0.494. The molecule has 1 amide bonds. The van der Waals surface area contributed by atoms with Crippen molar-refractivity contribution in [1.29, 1.82) is 0 Å². The Morgan fingerprint density at radius 2 is 1.42 bits per heavy atom. The van der Waals surface area contributed by atoms with Gasteiger partial charge in [-0.1, -0.05) is 30.3 Å². The van der Waals surface area contributed by atoms with E-state index in [1.165, 1.54) is 38.4 Å². The molecule has 4 rings (SSSR count). The molecule has 196 valence electrons. The number of hydrogen-bond donors (Lipinski definition) is 1. The highest BCUT2D eigenvalue weighted by Crippen LogP contribution is 2.21. The molecule has 36 heavy (non-hydrogen) atoms. The van der Waals surface area contributed by atoms with Crippen LogP contribution in [-0.2, 0) is 26.5 Å². The second-order valence-corrected chi connectivity index (χ2v) is 13.2. The second kappa shape index (κ2) is 11.8. The molecule has 2 saturated heterocycles. The first-order valence-corrected chi connectivity index (χ1v) is 15.4. The molecule has 2 heterocycles. The van der Waals surface area contributed by atoms with Gasteiger partial charge < -0.3 is 10.2 Å². The van der Waals surface area contributed by atoms with Gasteiger partial charge in [0.25, 0.3) is 5.91 Å². The molecular formula is C25H34N4O5S2. The van der Waals surface area contributed by atoms with Gasteiger partial charge in [0.15, 0.2) is 0 Å². The van der Waals surface area contributed by atoms with Crippen molar-refractivity contribution in [1.82, 2.24) is 18.8 Å². The Hall–Kier alpha value is -2.31. The average Bonchev–Trinajstić information content (AvgIpc) is 3.44. The van der Waals surface area contributed by atoms with E-state index in [4.69, 9.17) is 0 Å². The van der Waals surface area contributed by atoms with Crippen LogP contribution in [0.25, 0.3) is 0 Å². The fourth-order valence-corrected chi connectivity index (χ4v) is 7.40. The average molecular weight is 535 g/mol. The minimum absolute atomic E-state index is 0.0107. The third-order valence-electron chi connectivity index (χ3n) is 6.75. The minimum atomic E-state index is -3.54. The van der Waals surface area contributed by atoms with Gasteiger partial charge in [0.1, 0.15) is 0 Å². The monoisotopic (exact) mass is 534 g/mol. The lowest BCUT2D eigenvalue weighted by Gasteiger charge is -2.34. The van der Waals surface area contributed by atoms with Crippen molar-refractivity contribution >= 4 is 26.0 Å². The third kappa shape index (κ3) is 6.71. The van der Waals surface area contributed by atoms with Crippen molar-refractivity contribution in [2.24, 2.45) is 0 Å². The Morgan fingerprint density at radius 1 is 0.778 bits per heavy atom. The maximum atomic E-state index is 12.8. The van der Waals surface area contributed by atoms with Crippen molar-refractivity contribution in [3.05, 3.63) is 65.7 Å². The summed E-state index contributed by atoms with van der Waals surface area (Å²) in [6.07, 6.45) is 2.64. The first-order valence-electron chi connectivity index (χ1n) is 12.4. The van der Waals surface area contributed by atoms with E-state index in [0.29, 0.717) is 44.8 Å². The molecule has 0 radical (unpaired) electrons. The van der Waals surface area contributed by atoms with Gasteiger partial charge >= 0.3 is 0 Å². The summed E-state index contributed by atoms with van der Waals surface area (Å²) in [7, 11) is -7.02. The Bertz CT molecular complexity index is 1220. The highest BCUT2D eigenvalue weighted by atomic mass is 32.2. The van der Waals surface area contributed by atoms with Crippen molar-refractivity contribution < 1.29 is 21.6 Å². The van der Waals surface area contributed by atoms with Crippen molar-refractivity contribution in [2.75, 3.05) is 58.1 Å². The summed E-state index contributed by atoms with van der Waals surface area (Å²) >= 11 is 0. The Morgan fingerprint density at radius 3 is 2.06 bits per heavy atom. The molecule has 0 aliphatic carbocycles. The normalized spacial score (nSPS) is 18.3. The van der Waals surface area contributed by atoms with Gasteiger partial charge in [-0.3, -0.25) is 4.79 Å². The SMILES string of the molecule is O=C(NCCS(=O)(=O)N1CCN(CCc2ccccc2)CC1)c1ccc(S(=O)(=O)N2CCCC2)cc1. The lowest BCUT2D eigenvalue weighted by Crippen LogP contribution is -2.50. The summed E-state index contributed by atoms with van der Waals surface area (Å²) in [6, 6.07) is 16.0. The summed E-state index contributed by atoms with van der Waals surface area (Å²) in [5.74, 6) is -0.606. The fourth-order valence-electron chi connectivity index (χ4n) is 4.54. The van der Waals surface area contributed by atoms with E-state index >= 15 is 0 Å². The van der Waals surface area contributed by atoms with Crippen LogP contribution in [0.15, 0.2) is 59.5 Å². The minimum Gasteiger partial charge on any atom is -0.351 e. The van der Waals surface area contributed by atoms with E-state index in [9.17, 15) is 21.6 Å². The van der Waals surface area contributed by atoms with Crippen molar-refractivity contribution in [2.45, 2.75) is 24.2 Å². The summed E-state index contributed by atoms with van der Waals surface area (Å²) < 4.78 is 53.7. The number of carbonyl (C=O) groups is 1. The molecule has 2 aliphatic rings. The van der Waals surface area contributed by atoms with Crippen molar-refractivity contribution in [3.8, 4) is 0 Å². The molecule has 0 unspecified atom stereocenters. The summed E-state index contributed by atoms with van der Waals surface area (Å²) in [5.41, 5.74) is 1.56. The Balaban J connectivity index is 1.21. The molecule has 0 bridgehead atoms. The van der Waals surface area contributed by atoms with Crippen LogP contribution in [0.2, 0.25) is 0 Å². The molecule has 0 atom stereocenters. The second-order valence-electron chi connectivity index (χ2n) is 9.18. The lowest BCUT2D eigenvalue weighted by molar-refractivity contribution is 0.0956. The molecular weight excluding hydrogens is 500 g/mol. The van der Waals surface area contributed by atoms with E-state index in [0.717, 1.165) is 25.8 Å². The predicted molar refractivity (Wildman–Crippen MR) is 139 cm³/mol. The van der Waals surface area contributed by atoms with E-state index < -0.39 is 26.0 Å². The first kappa shape index (κ1) is 26.7. The third-order valence-corrected chi connectivity index (χ3v) is 10.5. The highest BCUT2D eigenvalue weighted by molar-refractivity contribution is 7.89. The number of nitrogens with one attached hydrogen (secondary N) is 1. The predicted octanol–water partition coefficient (Wildman–Crippen LogP) is 1.39. The first-order chi connectivity index (χ1) is 17.3. The topological polar surface area (TPSA) is 107 Å². The van der Waals surface area contributed by atoms with Crippen LogP contribution in [0.3, 0.4) is 0 Å². The van der Waals surface area contributed by atoms with E-state index in [-0.39, 0.29) is 17.2 Å². The number of sulfonamides is 2. The molecule has 9 nitrogen and oxygen atoms in total. The highest BCUT2D eigenvalue weighted by Gasteiger charge is 2.28. The molecule has 2 aliphatic heterocycles. The summed E-state index contributed by atoms with van der Waals surface area (Å²) in [6.45, 7) is 4.17. The maximum Gasteiger partial charge on any atom is 0.251 e. The van der Waals surface area contributed by atoms with Gasteiger partial charge in [-0.2, -0.15) is 8.61 Å². The fraction of sp³-hybridized carbons (Fsp3) is 0.480. The smallest absolute Gasteiger partial charge is 0.251 e. The standard InChI is InChI=1S/C25H34N4O5S2/c30-25(23-8-10-24(11-9-23)36(33,34)29-14-4-5-15-29)26-13-21-35(31,32)28-19-17-27(18-20-28)16-12-22-6-2-1-3-7-22/h1-3,6-11H,4-5,12-21H2,(H,26,30). The summed E-state index contributed by atoms with van der Waals surface area (Å²) in [4.78, 5) is 14.9. The molecule has 0 spiro atoms. The number of rotatable bonds is 10. The molecule has 0 aromatic heterocycles. The molecule has 11 heteroatoms. The van der Waals surface area contributed by atoms with Gasteiger partial charge in [0, 0.05) is 57.9 Å². The van der Waals surface area contributed by atoms with Crippen LogP contribution in [0.1, 0.15) is 28.8 Å². The molecule has 2 aromatic carbocycles. The number of hydrogen-bond acceptors (Lipinski definition) is 6. The van der Waals surface area contributed by atoms with Crippen LogP contribution in [-0.4, -0.2) is 94.4 Å². The lowest BCUT2D eigenvalue weighted by atomic mass is 10.1. The van der Waals surface area contributed by atoms with Crippen molar-refractivity contribution in [3.63, 3.8) is 0 Å². The molecule has 1 N–H and O–H groups in total. The molecule has 2 fully saturated rings. The van der Waals surface area contributed by atoms with E-state index in [1.54, 1.807) is 0 Å². The zero-order valence-corrected chi connectivity index (χ0v) is 22.0. The van der Waals surface area contributed by atoms with Crippen LogP contribution in [0.4, 0.5) is 0 Å². The van der Waals surface area contributed by atoms with Gasteiger partial charge in [0.05, 0.1) is 10.6 Å². The molecule has 2 aromatic rings. The van der Waals surface area contributed by atoms with Crippen LogP contribution >= 0.6 is 0 Å². The maximum absolute atomic E-state index is 12.8. The van der Waals surface area contributed by atoms with Gasteiger partial charge in [-0.25, -0.2) is 16.8 Å². The number of piperazine rings is 1. The van der Waals surface area contributed by atoms with Gasteiger partial charge in [-0.15, -0.1) is 0 Å². The van der Waals surface area contributed by atoms with Crippen LogP contribution < -0.4 is 5.32 Å². The van der Waals surface area contributed by atoms with Gasteiger partial charge in [-0.05, 0) is 49.1 Å². The zero-order chi connectivity index (χ0) is 25.6. The summed E-state index contributed by atoms with van der Waals surface area (Å²) in [5, 5.41) is 2.64. The Labute approximate surface area is 214 Å². The van der Waals surface area contributed by atoms with E-state index in [2.05, 4.69) is 22.3 Å². The molecule has 0 saturated carbocycles.